The van der Waals surface area contributed by atoms with E-state index in [9.17, 15) is 18.0 Å². The van der Waals surface area contributed by atoms with Gasteiger partial charge in [0.25, 0.3) is 0 Å². The van der Waals surface area contributed by atoms with Gasteiger partial charge >= 0.3 is 6.18 Å². The van der Waals surface area contributed by atoms with Gasteiger partial charge in [-0.3, -0.25) is 4.79 Å². The molecule has 2 aromatic rings. The number of carbonyl (C=O) groups excluding carboxylic acids is 1. The van der Waals surface area contributed by atoms with Crippen LogP contribution >= 0.6 is 11.6 Å². The normalized spacial score (nSPS) is 19.8. The number of nitrogens with zero attached hydrogens (tertiary/aromatic N) is 4. The summed E-state index contributed by atoms with van der Waals surface area (Å²) in [6, 6.07) is 0.894. The summed E-state index contributed by atoms with van der Waals surface area (Å²) >= 11 is 6.09. The number of hydrogen-bond donors (Lipinski definition) is 1. The second-order valence-electron chi connectivity index (χ2n) is 8.91. The average Bonchev–Trinajstić information content (AvgIpc) is 3.08. The number of anilines is 1. The summed E-state index contributed by atoms with van der Waals surface area (Å²) in [6.07, 6.45) is 3.09. The van der Waals surface area contributed by atoms with E-state index in [1.807, 2.05) is 4.90 Å². The fourth-order valence-corrected chi connectivity index (χ4v) is 5.03. The molecule has 1 amide bonds. The van der Waals surface area contributed by atoms with Crippen LogP contribution in [0, 0.1) is 12.8 Å². The fraction of sp³-hybridized carbons (Fsp3) is 0.636. The van der Waals surface area contributed by atoms with Gasteiger partial charge in [0.1, 0.15) is 11.4 Å². The lowest BCUT2D eigenvalue weighted by molar-refractivity contribution is -0.137. The minimum absolute atomic E-state index is 0.0439. The highest BCUT2D eigenvalue weighted by Crippen LogP contribution is 2.37. The Labute approximate surface area is 195 Å². The van der Waals surface area contributed by atoms with Gasteiger partial charge in [0, 0.05) is 32.1 Å². The number of aryl methyl sites for hydroxylation is 1. The van der Waals surface area contributed by atoms with E-state index in [0.717, 1.165) is 50.8 Å². The molecule has 1 aliphatic carbocycles. The van der Waals surface area contributed by atoms with Crippen LogP contribution in [-0.4, -0.2) is 34.1 Å². The summed E-state index contributed by atoms with van der Waals surface area (Å²) in [7, 11) is 0. The van der Waals surface area contributed by atoms with Crippen molar-refractivity contribution in [2.45, 2.75) is 70.0 Å². The van der Waals surface area contributed by atoms with Crippen LogP contribution in [0.3, 0.4) is 0 Å². The van der Waals surface area contributed by atoms with Crippen LogP contribution in [0.15, 0.2) is 16.8 Å². The highest BCUT2D eigenvalue weighted by atomic mass is 35.5. The molecule has 0 unspecified atom stereocenters. The number of aromatic nitrogens is 3. The molecule has 0 radical (unpaired) electrons. The Morgan fingerprint density at radius 1 is 1.21 bits per heavy atom. The molecule has 2 aromatic heterocycles. The number of halogens is 4. The first kappa shape index (κ1) is 23.8. The van der Waals surface area contributed by atoms with Crippen molar-refractivity contribution in [1.82, 2.24) is 20.4 Å². The maximum atomic E-state index is 13.2. The molecule has 33 heavy (non-hydrogen) atoms. The van der Waals surface area contributed by atoms with Crippen molar-refractivity contribution in [3.63, 3.8) is 0 Å². The minimum Gasteiger partial charge on any atom is -0.355 e. The van der Waals surface area contributed by atoms with Crippen LogP contribution in [-0.2, 0) is 16.5 Å². The molecule has 1 saturated carbocycles. The molecule has 180 valence electrons. The van der Waals surface area contributed by atoms with Gasteiger partial charge in [-0.15, -0.1) is 0 Å². The zero-order valence-electron chi connectivity index (χ0n) is 18.4. The zero-order valence-corrected chi connectivity index (χ0v) is 19.2. The molecule has 0 spiro atoms. The molecule has 0 atom stereocenters. The van der Waals surface area contributed by atoms with E-state index in [4.69, 9.17) is 16.1 Å². The molecular formula is C22H27ClF3N5O2. The average molecular weight is 486 g/mol. The summed E-state index contributed by atoms with van der Waals surface area (Å²) < 4.78 is 43.9. The van der Waals surface area contributed by atoms with Crippen LogP contribution in [0.5, 0.6) is 0 Å². The number of carbonyl (C=O) groups is 1. The lowest BCUT2D eigenvalue weighted by atomic mass is 9.87. The minimum atomic E-state index is -4.49. The highest BCUT2D eigenvalue weighted by Gasteiger charge is 2.41. The number of nitrogens with one attached hydrogen (secondary N) is 1. The molecule has 1 N–H and O–H groups in total. The zero-order chi connectivity index (χ0) is 23.6. The SMILES string of the molecule is Cc1nc(C2(NC(=O)C3CCN(c4ncc(C(F)(F)F)cc4Cl)CC3)CCCCCC2)no1. The number of hydrogen-bond acceptors (Lipinski definition) is 6. The summed E-state index contributed by atoms with van der Waals surface area (Å²) in [5.74, 6) is 1.05. The number of alkyl halides is 3. The van der Waals surface area contributed by atoms with Gasteiger partial charge in [0.05, 0.1) is 10.6 Å². The van der Waals surface area contributed by atoms with Gasteiger partial charge in [0.2, 0.25) is 11.8 Å². The Bertz CT molecular complexity index is 981. The summed E-state index contributed by atoms with van der Waals surface area (Å²) in [5, 5.41) is 7.33. The Morgan fingerprint density at radius 3 is 2.42 bits per heavy atom. The molecule has 3 heterocycles. The monoisotopic (exact) mass is 485 g/mol. The van der Waals surface area contributed by atoms with Crippen LogP contribution < -0.4 is 10.2 Å². The van der Waals surface area contributed by atoms with Gasteiger partial charge in [-0.25, -0.2) is 4.98 Å². The Balaban J connectivity index is 1.42. The highest BCUT2D eigenvalue weighted by molar-refractivity contribution is 6.33. The van der Waals surface area contributed by atoms with Crippen molar-refractivity contribution in [2.75, 3.05) is 18.0 Å². The van der Waals surface area contributed by atoms with E-state index in [1.54, 1.807) is 6.92 Å². The molecule has 11 heteroatoms. The molecular weight excluding hydrogens is 459 g/mol. The van der Waals surface area contributed by atoms with Crippen molar-refractivity contribution in [3.05, 3.63) is 34.6 Å². The van der Waals surface area contributed by atoms with Gasteiger partial charge in [-0.2, -0.15) is 18.2 Å². The maximum Gasteiger partial charge on any atom is 0.417 e. The topological polar surface area (TPSA) is 84.2 Å². The Kier molecular flexibility index (Phi) is 6.83. The molecule has 7 nitrogen and oxygen atoms in total. The molecule has 1 saturated heterocycles. The first-order valence-electron chi connectivity index (χ1n) is 11.3. The summed E-state index contributed by atoms with van der Waals surface area (Å²) in [6.45, 7) is 2.69. The largest absolute Gasteiger partial charge is 0.417 e. The van der Waals surface area contributed by atoms with Crippen molar-refractivity contribution in [1.29, 1.82) is 0 Å². The number of amides is 1. The van der Waals surface area contributed by atoms with Crippen molar-refractivity contribution >= 4 is 23.3 Å². The maximum absolute atomic E-state index is 13.2. The first-order chi connectivity index (χ1) is 15.7. The van der Waals surface area contributed by atoms with E-state index in [1.165, 1.54) is 0 Å². The summed E-state index contributed by atoms with van der Waals surface area (Å²) in [4.78, 5) is 23.4. The van der Waals surface area contributed by atoms with Crippen molar-refractivity contribution in [2.24, 2.45) is 5.92 Å². The molecule has 0 bridgehead atoms. The lowest BCUT2D eigenvalue weighted by Gasteiger charge is -2.36. The van der Waals surface area contributed by atoms with Gasteiger partial charge in [0.15, 0.2) is 5.82 Å². The number of piperidine rings is 1. The quantitative estimate of drug-likeness (QED) is 0.612. The molecule has 2 fully saturated rings. The third-order valence-electron chi connectivity index (χ3n) is 6.59. The molecule has 2 aliphatic rings. The Hall–Kier alpha value is -2.36. The van der Waals surface area contributed by atoms with Crippen molar-refractivity contribution < 1.29 is 22.5 Å². The number of rotatable bonds is 4. The van der Waals surface area contributed by atoms with Gasteiger partial charge in [-0.1, -0.05) is 42.4 Å². The van der Waals surface area contributed by atoms with E-state index in [0.29, 0.717) is 43.5 Å². The van der Waals surface area contributed by atoms with E-state index >= 15 is 0 Å². The van der Waals surface area contributed by atoms with Gasteiger partial charge < -0.3 is 14.7 Å². The van der Waals surface area contributed by atoms with Crippen LogP contribution in [0.2, 0.25) is 5.02 Å². The third kappa shape index (κ3) is 5.26. The van der Waals surface area contributed by atoms with Crippen molar-refractivity contribution in [3.8, 4) is 0 Å². The molecule has 1 aliphatic heterocycles. The first-order valence-corrected chi connectivity index (χ1v) is 11.7. The van der Waals surface area contributed by atoms with Crippen LogP contribution in [0.1, 0.15) is 68.6 Å². The number of pyridine rings is 1. The summed E-state index contributed by atoms with van der Waals surface area (Å²) in [5.41, 5.74) is -1.50. The molecule has 4 rings (SSSR count). The van der Waals surface area contributed by atoms with Gasteiger partial charge in [-0.05, 0) is 31.7 Å². The lowest BCUT2D eigenvalue weighted by Crippen LogP contribution is -2.50. The predicted octanol–water partition coefficient (Wildman–Crippen LogP) is 5.03. The van der Waals surface area contributed by atoms with E-state index < -0.39 is 17.3 Å². The third-order valence-corrected chi connectivity index (χ3v) is 6.87. The second kappa shape index (κ2) is 9.48. The van der Waals surface area contributed by atoms with Crippen LogP contribution in [0.25, 0.3) is 0 Å². The fourth-order valence-electron chi connectivity index (χ4n) is 4.74. The van der Waals surface area contributed by atoms with E-state index in [2.05, 4.69) is 20.4 Å². The molecule has 0 aromatic carbocycles. The Morgan fingerprint density at radius 2 is 1.88 bits per heavy atom. The second-order valence-corrected chi connectivity index (χ2v) is 9.32. The standard InChI is InChI=1S/C22H27ClF3N5O2/c1-14-28-20(30-33-14)21(8-4-2-3-5-9-21)29-19(32)15-6-10-31(11-7-15)18-17(23)12-16(13-27-18)22(24,25)26/h12-13,15H,2-11H2,1H3,(H,29,32). The smallest absolute Gasteiger partial charge is 0.355 e. The predicted molar refractivity (Wildman–Crippen MR) is 116 cm³/mol. The van der Waals surface area contributed by atoms with E-state index in [-0.39, 0.29) is 16.8 Å². The van der Waals surface area contributed by atoms with Crippen LogP contribution in [0.4, 0.5) is 19.0 Å².